The topological polar surface area (TPSA) is 12.0 Å². The largest absolute Gasteiger partial charge is 0.339 e. The van der Waals surface area contributed by atoms with E-state index in [1.54, 1.807) is 0 Å². The summed E-state index contributed by atoms with van der Waals surface area (Å²) in [6, 6.07) is 10.8. The van der Waals surface area contributed by atoms with E-state index >= 15 is 0 Å². The van der Waals surface area contributed by atoms with Crippen molar-refractivity contribution < 1.29 is 0 Å². The van der Waals surface area contributed by atoms with Crippen molar-refractivity contribution in [1.29, 1.82) is 0 Å². The molecule has 0 aromatic heterocycles. The molecule has 1 aromatic rings. The van der Waals surface area contributed by atoms with Gasteiger partial charge in [0.2, 0.25) is 0 Å². The lowest BCUT2D eigenvalue weighted by atomic mass is 10.4. The van der Waals surface area contributed by atoms with E-state index in [2.05, 4.69) is 56.2 Å². The first-order valence-corrected chi connectivity index (χ1v) is 6.30. The van der Waals surface area contributed by atoms with Crippen LogP contribution in [0.15, 0.2) is 30.3 Å². The molecule has 0 amide bonds. The van der Waals surface area contributed by atoms with Crippen LogP contribution in [0.25, 0.3) is 0 Å². The molecule has 0 aliphatic heterocycles. The van der Waals surface area contributed by atoms with Crippen LogP contribution in [0.1, 0.15) is 13.8 Å². The summed E-state index contributed by atoms with van der Waals surface area (Å²) in [5.41, 5.74) is 0.775. The van der Waals surface area contributed by atoms with Crippen LogP contribution in [0, 0.1) is 0 Å². The summed E-state index contributed by atoms with van der Waals surface area (Å²) in [7, 11) is 1.18. The Hall–Kier alpha value is -0.603. The molecule has 1 unspecified atom stereocenters. The van der Waals surface area contributed by atoms with Crippen molar-refractivity contribution in [2.24, 2.45) is 0 Å². The molecule has 0 saturated heterocycles. The van der Waals surface area contributed by atoms with Crippen LogP contribution < -0.4 is 10.2 Å². The summed E-state index contributed by atoms with van der Waals surface area (Å²) in [6.07, 6.45) is 0. The third kappa shape index (κ3) is 2.19. The van der Waals surface area contributed by atoms with Gasteiger partial charge in [0.15, 0.2) is 0 Å². The third-order valence-corrected chi connectivity index (χ3v) is 5.19. The van der Waals surface area contributed by atoms with Gasteiger partial charge in [0.25, 0.3) is 0 Å². The van der Waals surface area contributed by atoms with Crippen molar-refractivity contribution in [3.05, 3.63) is 30.3 Å². The summed E-state index contributed by atoms with van der Waals surface area (Å²) in [6.45, 7) is 4.58. The van der Waals surface area contributed by atoms with Crippen LogP contribution in [-0.2, 0) is 0 Å². The summed E-state index contributed by atoms with van der Waals surface area (Å²) >= 11 is 0. The molecule has 0 saturated carbocycles. The van der Waals surface area contributed by atoms with Gasteiger partial charge in [-0.25, -0.2) is 0 Å². The predicted molar refractivity (Wildman–Crippen MR) is 57.4 cm³/mol. The number of benzene rings is 1. The van der Waals surface area contributed by atoms with Gasteiger partial charge in [0.05, 0.1) is 0 Å². The predicted octanol–water partition coefficient (Wildman–Crippen LogP) is 1.25. The first-order chi connectivity index (χ1) is 5.75. The Morgan fingerprint density at radius 1 is 1.17 bits per heavy atom. The van der Waals surface area contributed by atoms with Crippen molar-refractivity contribution in [1.82, 2.24) is 4.98 Å². The van der Waals surface area contributed by atoms with Gasteiger partial charge in [-0.2, -0.15) is 0 Å². The molecule has 66 valence electrons. The highest BCUT2D eigenvalue weighted by Crippen LogP contribution is 2.04. The molecular formula is C10H17NSi. The van der Waals surface area contributed by atoms with E-state index in [0.717, 1.165) is 5.54 Å². The van der Waals surface area contributed by atoms with Crippen molar-refractivity contribution >= 4 is 14.1 Å². The molecule has 0 aliphatic rings. The molecule has 2 heteroatoms. The maximum atomic E-state index is 3.46. The summed E-state index contributed by atoms with van der Waals surface area (Å²) in [5.74, 6) is 0. The van der Waals surface area contributed by atoms with E-state index in [0.29, 0.717) is 0 Å². The highest BCUT2D eigenvalue weighted by atomic mass is 28.3. The Morgan fingerprint density at radius 2 is 1.75 bits per heavy atom. The molecule has 1 nitrogen and oxygen atoms in total. The Labute approximate surface area is 76.5 Å². The Balaban J connectivity index is 2.80. The van der Waals surface area contributed by atoms with E-state index in [-0.39, 0.29) is 0 Å². The van der Waals surface area contributed by atoms with Gasteiger partial charge in [-0.15, -0.1) is 0 Å². The fraction of sp³-hybridized carbons (Fsp3) is 0.400. The average Bonchev–Trinajstić information content (AvgIpc) is 2.07. The maximum Gasteiger partial charge on any atom is 0.143 e. The SMILES string of the molecule is CN[SiH](c1ccccc1)C(C)C. The Kier molecular flexibility index (Phi) is 3.50. The first-order valence-electron chi connectivity index (χ1n) is 4.48. The second kappa shape index (κ2) is 4.43. The third-order valence-electron chi connectivity index (χ3n) is 2.14. The van der Waals surface area contributed by atoms with Gasteiger partial charge in [0, 0.05) is 0 Å². The molecule has 0 radical (unpaired) electrons. The Bertz CT molecular complexity index is 221. The highest BCUT2D eigenvalue weighted by molar-refractivity contribution is 6.72. The van der Waals surface area contributed by atoms with Crippen LogP contribution in [0.2, 0.25) is 5.54 Å². The van der Waals surface area contributed by atoms with E-state index < -0.39 is 8.96 Å². The standard InChI is InChI=1S/C10H17NSi/c1-9(2)12(11-3)10-7-5-4-6-8-10/h4-9,11-12H,1-3H3. The smallest absolute Gasteiger partial charge is 0.143 e. The minimum atomic E-state index is -0.895. The lowest BCUT2D eigenvalue weighted by molar-refractivity contribution is 0.996. The fourth-order valence-corrected chi connectivity index (χ4v) is 3.95. The summed E-state index contributed by atoms with van der Waals surface area (Å²) in [4.78, 5) is 3.46. The monoisotopic (exact) mass is 179 g/mol. The quantitative estimate of drug-likeness (QED) is 0.689. The number of hydrogen-bond acceptors (Lipinski definition) is 1. The first kappa shape index (κ1) is 9.48. The zero-order chi connectivity index (χ0) is 8.97. The summed E-state index contributed by atoms with van der Waals surface area (Å²) in [5, 5.41) is 1.51. The van der Waals surface area contributed by atoms with Crippen LogP contribution in [-0.4, -0.2) is 16.0 Å². The van der Waals surface area contributed by atoms with Crippen molar-refractivity contribution in [2.45, 2.75) is 19.4 Å². The molecule has 1 N–H and O–H groups in total. The van der Waals surface area contributed by atoms with Crippen LogP contribution in [0.5, 0.6) is 0 Å². The molecular weight excluding hydrogens is 162 g/mol. The number of nitrogens with one attached hydrogen (secondary N) is 1. The van der Waals surface area contributed by atoms with Crippen molar-refractivity contribution in [2.75, 3.05) is 7.05 Å². The van der Waals surface area contributed by atoms with Crippen LogP contribution in [0.3, 0.4) is 0 Å². The zero-order valence-electron chi connectivity index (χ0n) is 8.04. The molecule has 0 spiro atoms. The van der Waals surface area contributed by atoms with Gasteiger partial charge in [-0.1, -0.05) is 44.2 Å². The second-order valence-corrected chi connectivity index (χ2v) is 6.95. The molecule has 1 aromatic carbocycles. The fourth-order valence-electron chi connectivity index (χ4n) is 1.55. The zero-order valence-corrected chi connectivity index (χ0v) is 9.20. The lowest BCUT2D eigenvalue weighted by Crippen LogP contribution is -2.44. The minimum absolute atomic E-state index is 0.775. The molecule has 0 aliphatic carbocycles. The van der Waals surface area contributed by atoms with Crippen LogP contribution in [0.4, 0.5) is 0 Å². The van der Waals surface area contributed by atoms with Gasteiger partial charge in [-0.3, -0.25) is 0 Å². The van der Waals surface area contributed by atoms with Gasteiger partial charge < -0.3 is 4.98 Å². The van der Waals surface area contributed by atoms with E-state index in [4.69, 9.17) is 0 Å². The van der Waals surface area contributed by atoms with Gasteiger partial charge in [0.1, 0.15) is 8.96 Å². The molecule has 1 atom stereocenters. The van der Waals surface area contributed by atoms with E-state index in [9.17, 15) is 0 Å². The minimum Gasteiger partial charge on any atom is -0.339 e. The molecule has 1 rings (SSSR count). The lowest BCUT2D eigenvalue weighted by Gasteiger charge is -2.18. The Morgan fingerprint density at radius 3 is 2.17 bits per heavy atom. The van der Waals surface area contributed by atoms with Crippen molar-refractivity contribution in [3.63, 3.8) is 0 Å². The number of rotatable bonds is 3. The summed E-state index contributed by atoms with van der Waals surface area (Å²) < 4.78 is 0. The molecule has 12 heavy (non-hydrogen) atoms. The molecule has 0 heterocycles. The maximum absolute atomic E-state index is 3.46. The van der Waals surface area contributed by atoms with Gasteiger partial charge >= 0.3 is 0 Å². The molecule has 0 bridgehead atoms. The normalized spacial score (nSPS) is 13.3. The van der Waals surface area contributed by atoms with E-state index in [1.807, 2.05) is 0 Å². The average molecular weight is 179 g/mol. The van der Waals surface area contributed by atoms with Crippen molar-refractivity contribution in [3.8, 4) is 0 Å². The second-order valence-electron chi connectivity index (χ2n) is 3.42. The highest BCUT2D eigenvalue weighted by Gasteiger charge is 2.14. The van der Waals surface area contributed by atoms with E-state index in [1.165, 1.54) is 5.19 Å². The number of hydrogen-bond donors (Lipinski definition) is 1. The van der Waals surface area contributed by atoms with Crippen LogP contribution >= 0.6 is 0 Å². The van der Waals surface area contributed by atoms with Gasteiger partial charge in [-0.05, 0) is 17.8 Å². The molecule has 0 fully saturated rings.